The summed E-state index contributed by atoms with van der Waals surface area (Å²) in [4.78, 5) is 12.9. The lowest BCUT2D eigenvalue weighted by Gasteiger charge is -2.20. The van der Waals surface area contributed by atoms with Crippen LogP contribution < -0.4 is 10.5 Å². The highest BCUT2D eigenvalue weighted by molar-refractivity contribution is 7.92. The second-order valence-corrected chi connectivity index (χ2v) is 5.70. The summed E-state index contributed by atoms with van der Waals surface area (Å²) in [5, 5.41) is 0. The van der Waals surface area contributed by atoms with Gasteiger partial charge in [0, 0.05) is 13.6 Å². The molecular formula is C8H17N3O3S2. The molecule has 0 spiro atoms. The zero-order valence-electron chi connectivity index (χ0n) is 9.56. The first-order chi connectivity index (χ1) is 7.19. The van der Waals surface area contributed by atoms with E-state index in [2.05, 4.69) is 16.9 Å². The van der Waals surface area contributed by atoms with E-state index in [1.807, 2.05) is 0 Å². The van der Waals surface area contributed by atoms with Crippen LogP contribution in [-0.4, -0.2) is 49.6 Å². The average molecular weight is 267 g/mol. The molecule has 6 nitrogen and oxygen atoms in total. The Balaban J connectivity index is 4.50. The summed E-state index contributed by atoms with van der Waals surface area (Å²) in [5.41, 5.74) is 5.13. The molecule has 0 aliphatic carbocycles. The highest BCUT2D eigenvalue weighted by atomic mass is 32.2. The van der Waals surface area contributed by atoms with Gasteiger partial charge in [-0.1, -0.05) is 12.2 Å². The van der Waals surface area contributed by atoms with Gasteiger partial charge in [0.15, 0.2) is 0 Å². The van der Waals surface area contributed by atoms with Gasteiger partial charge in [-0.25, -0.2) is 13.1 Å². The van der Waals surface area contributed by atoms with E-state index >= 15 is 0 Å². The van der Waals surface area contributed by atoms with Crippen LogP contribution in [0.4, 0.5) is 0 Å². The van der Waals surface area contributed by atoms with Gasteiger partial charge in [0.2, 0.25) is 15.9 Å². The summed E-state index contributed by atoms with van der Waals surface area (Å²) in [7, 11) is -2.03. The maximum absolute atomic E-state index is 11.6. The minimum Gasteiger partial charge on any atom is -0.392 e. The summed E-state index contributed by atoms with van der Waals surface area (Å²) in [5.74, 6) is -0.746. The van der Waals surface area contributed by atoms with Crippen molar-refractivity contribution in [3.05, 3.63) is 0 Å². The highest BCUT2D eigenvalue weighted by Crippen LogP contribution is 1.95. The molecule has 16 heavy (non-hydrogen) atoms. The molecular weight excluding hydrogens is 250 g/mol. The third-order valence-corrected chi connectivity index (χ3v) is 3.64. The van der Waals surface area contributed by atoms with Crippen LogP contribution in [0.2, 0.25) is 0 Å². The number of rotatable bonds is 6. The number of hydrogen-bond donors (Lipinski definition) is 2. The number of carbonyl (C=O) groups is 1. The van der Waals surface area contributed by atoms with Crippen molar-refractivity contribution in [2.24, 2.45) is 5.73 Å². The summed E-state index contributed by atoms with van der Waals surface area (Å²) in [6.07, 6.45) is 0. The molecule has 1 atom stereocenters. The highest BCUT2D eigenvalue weighted by Gasteiger charge is 2.22. The number of sulfonamides is 1. The SMILES string of the molecule is CCN(C)C(=O)C(C)NS(=O)(=O)CC(N)=S. The van der Waals surface area contributed by atoms with Crippen LogP contribution in [0.25, 0.3) is 0 Å². The minimum atomic E-state index is -3.63. The van der Waals surface area contributed by atoms with Gasteiger partial charge in [-0.3, -0.25) is 4.79 Å². The molecule has 0 heterocycles. The molecule has 0 radical (unpaired) electrons. The van der Waals surface area contributed by atoms with Crippen molar-refractivity contribution in [3.8, 4) is 0 Å². The summed E-state index contributed by atoms with van der Waals surface area (Å²) in [6.45, 7) is 3.79. The first-order valence-corrected chi connectivity index (χ1v) is 6.79. The maximum Gasteiger partial charge on any atom is 0.240 e. The topological polar surface area (TPSA) is 92.5 Å². The Morgan fingerprint density at radius 3 is 2.44 bits per heavy atom. The standard InChI is InChI=1S/C8H17N3O3S2/c1-4-11(3)8(12)6(2)10-16(13,14)5-7(9)15/h6,10H,4-5H2,1-3H3,(H2,9,15). The van der Waals surface area contributed by atoms with Crippen molar-refractivity contribution in [2.75, 3.05) is 19.3 Å². The Hall–Kier alpha value is -0.730. The molecule has 0 bridgehead atoms. The number of likely N-dealkylation sites (N-methyl/N-ethyl adjacent to an activating group) is 1. The lowest BCUT2D eigenvalue weighted by Crippen LogP contribution is -2.47. The van der Waals surface area contributed by atoms with Crippen LogP contribution in [0.1, 0.15) is 13.8 Å². The lowest BCUT2D eigenvalue weighted by molar-refractivity contribution is -0.131. The van der Waals surface area contributed by atoms with Gasteiger partial charge in [-0.2, -0.15) is 0 Å². The molecule has 0 fully saturated rings. The number of hydrogen-bond acceptors (Lipinski definition) is 4. The number of amides is 1. The summed E-state index contributed by atoms with van der Waals surface area (Å²) >= 11 is 4.50. The molecule has 0 saturated heterocycles. The normalized spacial score (nSPS) is 13.2. The van der Waals surface area contributed by atoms with Crippen LogP contribution in [0.5, 0.6) is 0 Å². The summed E-state index contributed by atoms with van der Waals surface area (Å²) < 4.78 is 25.1. The predicted octanol–water partition coefficient (Wildman–Crippen LogP) is -0.941. The lowest BCUT2D eigenvalue weighted by atomic mass is 10.3. The molecule has 0 rings (SSSR count). The Kier molecular flexibility index (Phi) is 5.84. The third-order valence-electron chi connectivity index (χ3n) is 1.91. The van der Waals surface area contributed by atoms with Crippen molar-refractivity contribution in [1.82, 2.24) is 9.62 Å². The Labute approximate surface area is 101 Å². The molecule has 0 saturated carbocycles. The molecule has 0 aromatic carbocycles. The van der Waals surface area contributed by atoms with Gasteiger partial charge < -0.3 is 10.6 Å². The zero-order chi connectivity index (χ0) is 12.9. The Morgan fingerprint density at radius 1 is 1.56 bits per heavy atom. The van der Waals surface area contributed by atoms with Crippen molar-refractivity contribution in [1.29, 1.82) is 0 Å². The smallest absolute Gasteiger partial charge is 0.240 e. The van der Waals surface area contributed by atoms with Gasteiger partial charge >= 0.3 is 0 Å². The van der Waals surface area contributed by atoms with Crippen molar-refractivity contribution in [3.63, 3.8) is 0 Å². The van der Waals surface area contributed by atoms with E-state index in [-0.39, 0.29) is 10.9 Å². The largest absolute Gasteiger partial charge is 0.392 e. The first kappa shape index (κ1) is 15.3. The van der Waals surface area contributed by atoms with Crippen LogP contribution in [-0.2, 0) is 14.8 Å². The van der Waals surface area contributed by atoms with Crippen molar-refractivity contribution in [2.45, 2.75) is 19.9 Å². The van der Waals surface area contributed by atoms with E-state index in [0.29, 0.717) is 6.54 Å². The van der Waals surface area contributed by atoms with E-state index < -0.39 is 21.8 Å². The number of nitrogens with zero attached hydrogens (tertiary/aromatic N) is 1. The second kappa shape index (κ2) is 6.12. The summed E-state index contributed by atoms with van der Waals surface area (Å²) in [6, 6.07) is -0.815. The van der Waals surface area contributed by atoms with Gasteiger partial charge in [0.1, 0.15) is 5.75 Å². The third kappa shape index (κ3) is 5.38. The molecule has 94 valence electrons. The molecule has 0 aromatic heterocycles. The maximum atomic E-state index is 11.6. The fourth-order valence-electron chi connectivity index (χ4n) is 1.04. The van der Waals surface area contributed by atoms with Crippen LogP contribution >= 0.6 is 12.2 Å². The number of thiocarbonyl (C=S) groups is 1. The van der Waals surface area contributed by atoms with Gasteiger partial charge in [-0.15, -0.1) is 0 Å². The van der Waals surface area contributed by atoms with Crippen molar-refractivity contribution < 1.29 is 13.2 Å². The molecule has 3 N–H and O–H groups in total. The molecule has 1 amide bonds. The van der Waals surface area contributed by atoms with E-state index in [0.717, 1.165) is 0 Å². The fourth-order valence-corrected chi connectivity index (χ4v) is 2.60. The number of carbonyl (C=O) groups excluding carboxylic acids is 1. The van der Waals surface area contributed by atoms with Crippen LogP contribution in [0.3, 0.4) is 0 Å². The quantitative estimate of drug-likeness (QED) is 0.606. The molecule has 1 unspecified atom stereocenters. The number of nitrogens with two attached hydrogens (primary N) is 1. The van der Waals surface area contributed by atoms with Crippen LogP contribution in [0.15, 0.2) is 0 Å². The fraction of sp³-hybridized carbons (Fsp3) is 0.750. The zero-order valence-corrected chi connectivity index (χ0v) is 11.2. The van der Waals surface area contributed by atoms with Gasteiger partial charge in [-0.05, 0) is 13.8 Å². The van der Waals surface area contributed by atoms with Gasteiger partial charge in [0.05, 0.1) is 11.0 Å². The molecule has 0 aliphatic rings. The Morgan fingerprint density at radius 2 is 2.06 bits per heavy atom. The molecule has 0 aliphatic heterocycles. The average Bonchev–Trinajstić information content (AvgIpc) is 2.12. The molecule has 8 heteroatoms. The Bertz CT molecular complexity index is 367. The first-order valence-electron chi connectivity index (χ1n) is 4.73. The second-order valence-electron chi connectivity index (χ2n) is 3.42. The minimum absolute atomic E-state index is 0.129. The van der Waals surface area contributed by atoms with Gasteiger partial charge in [0.25, 0.3) is 0 Å². The monoisotopic (exact) mass is 267 g/mol. The van der Waals surface area contributed by atoms with E-state index in [9.17, 15) is 13.2 Å². The molecule has 0 aromatic rings. The van der Waals surface area contributed by atoms with E-state index in [4.69, 9.17) is 5.73 Å². The number of nitrogens with one attached hydrogen (secondary N) is 1. The van der Waals surface area contributed by atoms with E-state index in [1.54, 1.807) is 14.0 Å². The van der Waals surface area contributed by atoms with E-state index in [1.165, 1.54) is 11.8 Å². The van der Waals surface area contributed by atoms with Crippen LogP contribution in [0, 0.1) is 0 Å². The predicted molar refractivity (Wildman–Crippen MR) is 66.5 cm³/mol. The van der Waals surface area contributed by atoms with Crippen molar-refractivity contribution >= 4 is 33.1 Å².